The number of aromatic nitrogens is 2. The van der Waals surface area contributed by atoms with E-state index in [-0.39, 0.29) is 5.95 Å². The summed E-state index contributed by atoms with van der Waals surface area (Å²) >= 11 is 0. The lowest BCUT2D eigenvalue weighted by Gasteiger charge is -2.07. The van der Waals surface area contributed by atoms with E-state index in [2.05, 4.69) is 21.9 Å². The van der Waals surface area contributed by atoms with Gasteiger partial charge in [-0.25, -0.2) is 0 Å². The summed E-state index contributed by atoms with van der Waals surface area (Å²) in [7, 11) is 0. The smallest absolute Gasteiger partial charge is 0.223 e. The van der Waals surface area contributed by atoms with Crippen molar-refractivity contribution in [2.45, 2.75) is 13.3 Å². The minimum absolute atomic E-state index is 0.176. The van der Waals surface area contributed by atoms with Crippen molar-refractivity contribution in [1.29, 1.82) is 0 Å². The lowest BCUT2D eigenvalue weighted by molar-refractivity contribution is 1.04. The number of anilines is 3. The molecule has 76 valence electrons. The van der Waals surface area contributed by atoms with Gasteiger partial charge in [0, 0.05) is 12.6 Å². The molecule has 0 aliphatic carbocycles. The van der Waals surface area contributed by atoms with E-state index in [1.54, 1.807) is 6.07 Å². The molecule has 0 atom stereocenters. The summed E-state index contributed by atoms with van der Waals surface area (Å²) in [5, 5.41) is 3.07. The van der Waals surface area contributed by atoms with Crippen LogP contribution in [0.3, 0.4) is 0 Å². The van der Waals surface area contributed by atoms with Crippen LogP contribution in [-0.4, -0.2) is 16.5 Å². The second-order valence-corrected chi connectivity index (χ2v) is 2.99. The zero-order valence-electron chi connectivity index (χ0n) is 8.25. The van der Waals surface area contributed by atoms with Crippen molar-refractivity contribution >= 4 is 17.6 Å². The maximum absolute atomic E-state index is 5.50. The molecule has 5 heteroatoms. The van der Waals surface area contributed by atoms with Crippen LogP contribution in [0.1, 0.15) is 13.3 Å². The normalized spacial score (nSPS) is 9.79. The molecule has 0 amide bonds. The Hall–Kier alpha value is -1.78. The van der Waals surface area contributed by atoms with E-state index in [4.69, 9.17) is 11.5 Å². The Balaban J connectivity index is 2.63. The second kappa shape index (κ2) is 4.45. The summed E-state index contributed by atoms with van der Waals surface area (Å²) in [6.45, 7) is 6.59. The fourth-order valence-electron chi connectivity index (χ4n) is 0.916. The van der Waals surface area contributed by atoms with Crippen LogP contribution in [0.2, 0.25) is 0 Å². The molecule has 14 heavy (non-hydrogen) atoms. The zero-order chi connectivity index (χ0) is 10.6. The van der Waals surface area contributed by atoms with Gasteiger partial charge < -0.3 is 16.8 Å². The van der Waals surface area contributed by atoms with E-state index in [0.29, 0.717) is 18.2 Å². The Morgan fingerprint density at radius 2 is 2.21 bits per heavy atom. The van der Waals surface area contributed by atoms with Crippen LogP contribution in [0.15, 0.2) is 18.2 Å². The molecule has 0 unspecified atom stereocenters. The molecule has 1 aromatic rings. The molecular weight excluding hydrogens is 178 g/mol. The Labute approximate surface area is 83.2 Å². The van der Waals surface area contributed by atoms with E-state index in [0.717, 1.165) is 12.0 Å². The maximum Gasteiger partial charge on any atom is 0.223 e. The Bertz CT molecular complexity index is 314. The number of hydrogen-bond acceptors (Lipinski definition) is 5. The van der Waals surface area contributed by atoms with Crippen molar-refractivity contribution in [3.63, 3.8) is 0 Å². The second-order valence-electron chi connectivity index (χ2n) is 2.99. The first-order valence-electron chi connectivity index (χ1n) is 4.42. The van der Waals surface area contributed by atoms with Gasteiger partial charge >= 0.3 is 0 Å². The predicted octanol–water partition coefficient (Wildman–Crippen LogP) is 1.02. The van der Waals surface area contributed by atoms with Gasteiger partial charge in [-0.15, -0.1) is 0 Å². The van der Waals surface area contributed by atoms with Gasteiger partial charge in [0.15, 0.2) is 0 Å². The summed E-state index contributed by atoms with van der Waals surface area (Å²) in [5.41, 5.74) is 12.0. The molecule has 1 aromatic heterocycles. The minimum atomic E-state index is 0.176. The van der Waals surface area contributed by atoms with Crippen LogP contribution in [0.4, 0.5) is 17.6 Å². The predicted molar refractivity (Wildman–Crippen MR) is 58.8 cm³/mol. The van der Waals surface area contributed by atoms with Crippen LogP contribution >= 0.6 is 0 Å². The van der Waals surface area contributed by atoms with Crippen LogP contribution in [-0.2, 0) is 0 Å². The topological polar surface area (TPSA) is 89.8 Å². The molecule has 5 nitrogen and oxygen atoms in total. The van der Waals surface area contributed by atoms with Gasteiger partial charge in [-0.2, -0.15) is 9.97 Å². The number of nitrogens with zero attached hydrogens (tertiary/aromatic N) is 2. The van der Waals surface area contributed by atoms with Gasteiger partial charge in [0.25, 0.3) is 0 Å². The zero-order valence-corrected chi connectivity index (χ0v) is 8.25. The molecule has 0 radical (unpaired) electrons. The summed E-state index contributed by atoms with van der Waals surface area (Å²) in [6, 6.07) is 1.64. The van der Waals surface area contributed by atoms with E-state index in [1.807, 2.05) is 6.92 Å². The van der Waals surface area contributed by atoms with Crippen LogP contribution in [0.5, 0.6) is 0 Å². The molecule has 0 aliphatic rings. The van der Waals surface area contributed by atoms with Crippen molar-refractivity contribution in [1.82, 2.24) is 9.97 Å². The van der Waals surface area contributed by atoms with Gasteiger partial charge in [-0.3, -0.25) is 0 Å². The highest BCUT2D eigenvalue weighted by Gasteiger charge is 1.99. The first-order valence-corrected chi connectivity index (χ1v) is 4.42. The summed E-state index contributed by atoms with van der Waals surface area (Å²) in [4.78, 5) is 7.74. The third kappa shape index (κ3) is 2.93. The largest absolute Gasteiger partial charge is 0.383 e. The minimum Gasteiger partial charge on any atom is -0.383 e. The van der Waals surface area contributed by atoms with Crippen molar-refractivity contribution in [3.8, 4) is 0 Å². The molecule has 1 rings (SSSR count). The number of nitrogens with one attached hydrogen (secondary N) is 1. The lowest BCUT2D eigenvalue weighted by atomic mass is 10.2. The van der Waals surface area contributed by atoms with Gasteiger partial charge in [0.2, 0.25) is 5.95 Å². The van der Waals surface area contributed by atoms with Gasteiger partial charge in [-0.1, -0.05) is 19.1 Å². The monoisotopic (exact) mass is 193 g/mol. The fourth-order valence-corrected chi connectivity index (χ4v) is 0.916. The molecule has 0 aromatic carbocycles. The average Bonchev–Trinajstić information content (AvgIpc) is 2.12. The SMILES string of the molecule is C=C(CC)CNc1cc(N)nc(N)n1. The molecule has 1 heterocycles. The molecule has 0 spiro atoms. The highest BCUT2D eigenvalue weighted by Crippen LogP contribution is 2.09. The molecule has 0 bridgehead atoms. The van der Waals surface area contributed by atoms with Crippen LogP contribution in [0, 0.1) is 0 Å². The van der Waals surface area contributed by atoms with Crippen molar-refractivity contribution in [3.05, 3.63) is 18.2 Å². The standard InChI is InChI=1S/C9H15N5/c1-3-6(2)5-12-8-4-7(10)13-9(11)14-8/h4H,2-3,5H2,1H3,(H5,10,11,12,13,14). The van der Waals surface area contributed by atoms with Gasteiger partial charge in [0.05, 0.1) is 0 Å². The van der Waals surface area contributed by atoms with Gasteiger partial charge in [-0.05, 0) is 6.42 Å². The van der Waals surface area contributed by atoms with E-state index in [1.165, 1.54) is 0 Å². The first-order chi connectivity index (χ1) is 6.61. The van der Waals surface area contributed by atoms with Crippen LogP contribution in [0.25, 0.3) is 0 Å². The molecule has 5 N–H and O–H groups in total. The average molecular weight is 193 g/mol. The molecule has 0 saturated carbocycles. The molecule has 0 saturated heterocycles. The summed E-state index contributed by atoms with van der Waals surface area (Å²) < 4.78 is 0. The van der Waals surface area contributed by atoms with E-state index < -0.39 is 0 Å². The number of nitrogen functional groups attached to an aromatic ring is 2. The maximum atomic E-state index is 5.50. The number of hydrogen-bond donors (Lipinski definition) is 3. The fraction of sp³-hybridized carbons (Fsp3) is 0.333. The van der Waals surface area contributed by atoms with Crippen LogP contribution < -0.4 is 16.8 Å². The Morgan fingerprint density at radius 3 is 2.79 bits per heavy atom. The Morgan fingerprint density at radius 1 is 1.50 bits per heavy atom. The summed E-state index contributed by atoms with van der Waals surface area (Å²) in [5.74, 6) is 1.17. The van der Waals surface area contributed by atoms with E-state index >= 15 is 0 Å². The highest BCUT2D eigenvalue weighted by atomic mass is 15.1. The highest BCUT2D eigenvalue weighted by molar-refractivity contribution is 5.48. The van der Waals surface area contributed by atoms with Crippen molar-refractivity contribution in [2.75, 3.05) is 23.3 Å². The third-order valence-corrected chi connectivity index (χ3v) is 1.78. The number of nitrogens with two attached hydrogens (primary N) is 2. The lowest BCUT2D eigenvalue weighted by Crippen LogP contribution is -2.08. The molecule has 0 fully saturated rings. The van der Waals surface area contributed by atoms with E-state index in [9.17, 15) is 0 Å². The quantitative estimate of drug-likeness (QED) is 0.621. The molecule has 0 aliphatic heterocycles. The third-order valence-electron chi connectivity index (χ3n) is 1.78. The number of rotatable bonds is 4. The van der Waals surface area contributed by atoms with Crippen molar-refractivity contribution in [2.24, 2.45) is 0 Å². The van der Waals surface area contributed by atoms with Gasteiger partial charge in [0.1, 0.15) is 11.6 Å². The molecular formula is C9H15N5. The van der Waals surface area contributed by atoms with Crippen molar-refractivity contribution < 1.29 is 0 Å². The Kier molecular flexibility index (Phi) is 3.28. The summed E-state index contributed by atoms with van der Waals surface area (Å²) in [6.07, 6.45) is 0.934. The first kappa shape index (κ1) is 10.3.